The predicted molar refractivity (Wildman–Crippen MR) is 71.3 cm³/mol. The van der Waals surface area contributed by atoms with Crippen LogP contribution >= 0.6 is 0 Å². The summed E-state index contributed by atoms with van der Waals surface area (Å²) < 4.78 is 63.5. The van der Waals surface area contributed by atoms with E-state index in [4.69, 9.17) is 25.5 Å². The highest BCUT2D eigenvalue weighted by atomic mass is 19.4. The number of benzene rings is 1. The molecule has 0 saturated carbocycles. The lowest BCUT2D eigenvalue weighted by Crippen LogP contribution is -2.21. The van der Waals surface area contributed by atoms with Gasteiger partial charge >= 0.3 is 24.3 Å². The third-order valence-electron chi connectivity index (χ3n) is 1.99. The minimum Gasteiger partial charge on any atom is -0.475 e. The summed E-state index contributed by atoms with van der Waals surface area (Å²) in [7, 11) is 0. The monoisotopic (exact) mass is 373 g/mol. The molecule has 0 aliphatic rings. The lowest BCUT2D eigenvalue weighted by atomic mass is 10.2. The Balaban J connectivity index is 0.000000366. The lowest BCUT2D eigenvalue weighted by molar-refractivity contribution is -0.193. The average Bonchev–Trinajstić information content (AvgIpc) is 2.46. The van der Waals surface area contributed by atoms with E-state index in [0.717, 1.165) is 10.9 Å². The number of nitrogens with zero attached hydrogens (tertiary/aromatic N) is 2. The van der Waals surface area contributed by atoms with Crippen LogP contribution in [0.3, 0.4) is 0 Å². The average molecular weight is 373 g/mol. The summed E-state index contributed by atoms with van der Waals surface area (Å²) in [5, 5.41) is 15.3. The quantitative estimate of drug-likeness (QED) is 0.606. The fraction of sp³-hybridized carbons (Fsp3) is 0.167. The summed E-state index contributed by atoms with van der Waals surface area (Å²) >= 11 is 0. The van der Waals surface area contributed by atoms with Crippen molar-refractivity contribution in [3.05, 3.63) is 30.5 Å². The van der Waals surface area contributed by atoms with Gasteiger partial charge in [0.05, 0.1) is 5.52 Å². The molecule has 0 aliphatic carbocycles. The molecule has 0 atom stereocenters. The Bertz CT molecular complexity index is 709. The number of nitrogen functional groups attached to an aromatic ring is 1. The number of para-hydroxylation sites is 1. The Morgan fingerprint density at radius 2 is 1.32 bits per heavy atom. The lowest BCUT2D eigenvalue weighted by Gasteiger charge is -1.94. The van der Waals surface area contributed by atoms with Crippen LogP contribution in [-0.2, 0) is 9.59 Å². The van der Waals surface area contributed by atoms with Crippen molar-refractivity contribution >= 4 is 28.8 Å². The summed E-state index contributed by atoms with van der Waals surface area (Å²) in [5.74, 6) is -5.19. The van der Waals surface area contributed by atoms with Crippen LogP contribution in [-0.4, -0.2) is 44.5 Å². The highest BCUT2D eigenvalue weighted by Crippen LogP contribution is 2.13. The maximum Gasteiger partial charge on any atom is 0.490 e. The molecule has 0 fully saturated rings. The van der Waals surface area contributed by atoms with E-state index in [1.807, 2.05) is 24.3 Å². The van der Waals surface area contributed by atoms with Gasteiger partial charge in [0.15, 0.2) is 0 Å². The molecule has 0 radical (unpaired) electrons. The molecule has 0 spiro atoms. The first-order valence-electron chi connectivity index (χ1n) is 5.82. The first kappa shape index (κ1) is 21.9. The molecule has 0 saturated heterocycles. The predicted octanol–water partition coefficient (Wildman–Crippen LogP) is 2.48. The Morgan fingerprint density at radius 1 is 0.920 bits per heavy atom. The number of fused-ring (bicyclic) bond motifs is 1. The van der Waals surface area contributed by atoms with Gasteiger partial charge in [-0.2, -0.15) is 26.3 Å². The molecular formula is C12H9F6N3O4. The van der Waals surface area contributed by atoms with Crippen LogP contribution in [0.25, 0.3) is 10.9 Å². The Labute approximate surface area is 134 Å². The molecule has 138 valence electrons. The fourth-order valence-electron chi connectivity index (χ4n) is 0.986. The standard InChI is InChI=1S/C8H7N3.2C2HF3O2/c9-8-10-5-6-3-1-2-4-7(6)11-8;2*3-2(4,5)1(6)7/h1-5H,(H2,9,10,11);2*(H,6,7). The molecule has 0 bridgehead atoms. The number of nitrogens with two attached hydrogens (primary N) is 1. The van der Waals surface area contributed by atoms with Gasteiger partial charge in [-0.15, -0.1) is 0 Å². The van der Waals surface area contributed by atoms with Crippen molar-refractivity contribution in [2.75, 3.05) is 5.73 Å². The van der Waals surface area contributed by atoms with E-state index in [-0.39, 0.29) is 0 Å². The van der Waals surface area contributed by atoms with Gasteiger partial charge in [-0.1, -0.05) is 18.2 Å². The van der Waals surface area contributed by atoms with Crippen molar-refractivity contribution in [3.8, 4) is 0 Å². The second-order valence-electron chi connectivity index (χ2n) is 3.89. The molecule has 0 aliphatic heterocycles. The van der Waals surface area contributed by atoms with Gasteiger partial charge in [-0.25, -0.2) is 19.6 Å². The van der Waals surface area contributed by atoms with E-state index >= 15 is 0 Å². The summed E-state index contributed by atoms with van der Waals surface area (Å²) in [5.41, 5.74) is 6.29. The minimum absolute atomic E-state index is 0.323. The Hall–Kier alpha value is -3.12. The van der Waals surface area contributed by atoms with Crippen LogP contribution < -0.4 is 5.73 Å². The second kappa shape index (κ2) is 8.65. The number of aromatic nitrogens is 2. The van der Waals surface area contributed by atoms with Crippen molar-refractivity contribution in [2.24, 2.45) is 0 Å². The first-order valence-corrected chi connectivity index (χ1v) is 5.82. The van der Waals surface area contributed by atoms with Crippen molar-refractivity contribution in [3.63, 3.8) is 0 Å². The summed E-state index contributed by atoms with van der Waals surface area (Å²) in [6.45, 7) is 0. The summed E-state index contributed by atoms with van der Waals surface area (Å²) in [4.78, 5) is 25.7. The van der Waals surface area contributed by atoms with Crippen LogP contribution in [0.2, 0.25) is 0 Å². The zero-order valence-electron chi connectivity index (χ0n) is 11.8. The molecule has 4 N–H and O–H groups in total. The number of carboxylic acid groups (broad SMARTS) is 2. The molecule has 1 aromatic carbocycles. The molecule has 1 heterocycles. The zero-order chi connectivity index (χ0) is 19.8. The van der Waals surface area contributed by atoms with Crippen LogP contribution in [0.5, 0.6) is 0 Å². The van der Waals surface area contributed by atoms with E-state index in [2.05, 4.69) is 9.97 Å². The van der Waals surface area contributed by atoms with Gasteiger partial charge in [0.1, 0.15) is 0 Å². The van der Waals surface area contributed by atoms with Gasteiger partial charge in [-0.3, -0.25) is 0 Å². The van der Waals surface area contributed by atoms with E-state index in [1.165, 1.54) is 0 Å². The molecule has 2 rings (SSSR count). The number of carbonyl (C=O) groups is 2. The normalized spacial score (nSPS) is 10.8. The van der Waals surface area contributed by atoms with Gasteiger partial charge < -0.3 is 15.9 Å². The van der Waals surface area contributed by atoms with Crippen LogP contribution in [0, 0.1) is 0 Å². The minimum atomic E-state index is -5.08. The number of alkyl halides is 6. The van der Waals surface area contributed by atoms with Crippen molar-refractivity contribution in [1.82, 2.24) is 9.97 Å². The molecule has 25 heavy (non-hydrogen) atoms. The van der Waals surface area contributed by atoms with Gasteiger partial charge in [0.25, 0.3) is 0 Å². The Morgan fingerprint density at radius 3 is 1.72 bits per heavy atom. The molecule has 0 amide bonds. The number of anilines is 1. The van der Waals surface area contributed by atoms with Crippen molar-refractivity contribution in [2.45, 2.75) is 12.4 Å². The number of carboxylic acids is 2. The second-order valence-corrected chi connectivity index (χ2v) is 3.89. The largest absolute Gasteiger partial charge is 0.490 e. The highest BCUT2D eigenvalue weighted by molar-refractivity contribution is 5.78. The van der Waals surface area contributed by atoms with E-state index in [1.54, 1.807) is 6.20 Å². The Kier molecular flexibility index (Phi) is 7.57. The number of rotatable bonds is 0. The topological polar surface area (TPSA) is 126 Å². The number of aliphatic carboxylic acids is 2. The molecule has 0 unspecified atom stereocenters. The van der Waals surface area contributed by atoms with Crippen LogP contribution in [0.4, 0.5) is 32.3 Å². The molecule has 13 heteroatoms. The number of hydrogen-bond donors (Lipinski definition) is 3. The van der Waals surface area contributed by atoms with Gasteiger partial charge in [0.2, 0.25) is 5.95 Å². The van der Waals surface area contributed by atoms with E-state index in [9.17, 15) is 26.3 Å². The van der Waals surface area contributed by atoms with E-state index < -0.39 is 24.3 Å². The number of hydrogen-bond acceptors (Lipinski definition) is 5. The molecule has 7 nitrogen and oxygen atoms in total. The molecule has 1 aromatic heterocycles. The van der Waals surface area contributed by atoms with Crippen molar-refractivity contribution < 1.29 is 46.1 Å². The van der Waals surface area contributed by atoms with Gasteiger partial charge in [0, 0.05) is 11.6 Å². The third kappa shape index (κ3) is 8.92. The maximum absolute atomic E-state index is 10.6. The molecule has 2 aromatic rings. The molecular weight excluding hydrogens is 364 g/mol. The van der Waals surface area contributed by atoms with Crippen LogP contribution in [0.15, 0.2) is 30.5 Å². The fourth-order valence-corrected chi connectivity index (χ4v) is 0.986. The summed E-state index contributed by atoms with van der Waals surface area (Å²) in [6.07, 6.45) is -8.45. The third-order valence-corrected chi connectivity index (χ3v) is 1.99. The number of halogens is 6. The smallest absolute Gasteiger partial charge is 0.475 e. The first-order chi connectivity index (χ1) is 11.2. The maximum atomic E-state index is 10.6. The SMILES string of the molecule is Nc1ncc2ccccc2n1.O=C(O)C(F)(F)F.O=C(O)C(F)(F)F. The van der Waals surface area contributed by atoms with Crippen LogP contribution in [0.1, 0.15) is 0 Å². The van der Waals surface area contributed by atoms with Crippen molar-refractivity contribution in [1.29, 1.82) is 0 Å². The van der Waals surface area contributed by atoms with Gasteiger partial charge in [-0.05, 0) is 6.07 Å². The summed E-state index contributed by atoms with van der Waals surface area (Å²) in [6, 6.07) is 7.73. The van der Waals surface area contributed by atoms with E-state index in [0.29, 0.717) is 5.95 Å². The highest BCUT2D eigenvalue weighted by Gasteiger charge is 2.38. The zero-order valence-corrected chi connectivity index (χ0v) is 11.8.